The number of nitrogens with one attached hydrogen (secondary N) is 2. The summed E-state index contributed by atoms with van der Waals surface area (Å²) in [6, 6.07) is 8.59. The molecule has 1 unspecified atom stereocenters. The lowest BCUT2D eigenvalue weighted by atomic mass is 9.94. The van der Waals surface area contributed by atoms with Crippen molar-refractivity contribution in [3.05, 3.63) is 52.4 Å². The lowest BCUT2D eigenvalue weighted by Gasteiger charge is -2.27. The van der Waals surface area contributed by atoms with Gasteiger partial charge in [-0.15, -0.1) is 0 Å². The van der Waals surface area contributed by atoms with Crippen LogP contribution in [0.15, 0.2) is 28.8 Å². The molecule has 0 saturated carbocycles. The lowest BCUT2D eigenvalue weighted by Crippen LogP contribution is -2.39. The zero-order chi connectivity index (χ0) is 15.5. The zero-order valence-electron chi connectivity index (χ0n) is 13.0. The number of aryl methyl sites for hydroxylation is 2. The van der Waals surface area contributed by atoms with E-state index >= 15 is 0 Å². The topological polar surface area (TPSA) is 67.2 Å². The van der Waals surface area contributed by atoms with Crippen molar-refractivity contribution >= 4 is 5.91 Å². The molecule has 0 bridgehead atoms. The van der Waals surface area contributed by atoms with Crippen LogP contribution in [0.3, 0.4) is 0 Å². The summed E-state index contributed by atoms with van der Waals surface area (Å²) in [5, 5.41) is 10.4. The highest BCUT2D eigenvalue weighted by Gasteiger charge is 2.20. The van der Waals surface area contributed by atoms with Gasteiger partial charge >= 0.3 is 0 Å². The van der Waals surface area contributed by atoms with Gasteiger partial charge < -0.3 is 15.2 Å². The van der Waals surface area contributed by atoms with E-state index in [0.717, 1.165) is 24.2 Å². The molecule has 1 aromatic heterocycles. The van der Waals surface area contributed by atoms with Crippen LogP contribution < -0.4 is 10.6 Å². The van der Waals surface area contributed by atoms with Gasteiger partial charge in [0.25, 0.3) is 0 Å². The van der Waals surface area contributed by atoms with Gasteiger partial charge in [-0.1, -0.05) is 29.4 Å². The average Bonchev–Trinajstić information content (AvgIpc) is 2.85. The Balaban J connectivity index is 1.60. The Bertz CT molecular complexity index is 659. The van der Waals surface area contributed by atoms with E-state index < -0.39 is 0 Å². The zero-order valence-corrected chi connectivity index (χ0v) is 13.0. The largest absolute Gasteiger partial charge is 0.361 e. The minimum atomic E-state index is -0.000690. The third-order valence-corrected chi connectivity index (χ3v) is 4.24. The van der Waals surface area contributed by atoms with Crippen molar-refractivity contribution in [1.29, 1.82) is 0 Å². The van der Waals surface area contributed by atoms with Gasteiger partial charge in [0.05, 0.1) is 12.1 Å². The normalized spacial score (nSPS) is 17.1. The van der Waals surface area contributed by atoms with Crippen LogP contribution in [-0.4, -0.2) is 24.2 Å². The van der Waals surface area contributed by atoms with Crippen LogP contribution in [0.2, 0.25) is 0 Å². The molecule has 0 spiro atoms. The van der Waals surface area contributed by atoms with Gasteiger partial charge in [0.15, 0.2) is 0 Å². The van der Waals surface area contributed by atoms with Crippen molar-refractivity contribution in [2.45, 2.75) is 32.7 Å². The summed E-state index contributed by atoms with van der Waals surface area (Å²) < 4.78 is 5.09. The van der Waals surface area contributed by atoms with Crippen molar-refractivity contribution in [1.82, 2.24) is 15.8 Å². The fourth-order valence-electron chi connectivity index (χ4n) is 2.97. The van der Waals surface area contributed by atoms with Crippen LogP contribution in [-0.2, 0) is 17.6 Å². The third kappa shape index (κ3) is 3.04. The predicted octanol–water partition coefficient (Wildman–Crippen LogP) is 1.84. The van der Waals surface area contributed by atoms with Crippen molar-refractivity contribution in [2.24, 2.45) is 0 Å². The molecular weight excluding hydrogens is 278 g/mol. The first-order chi connectivity index (χ1) is 10.6. The summed E-state index contributed by atoms with van der Waals surface area (Å²) in [7, 11) is 0. The quantitative estimate of drug-likeness (QED) is 0.904. The molecule has 22 heavy (non-hydrogen) atoms. The summed E-state index contributed by atoms with van der Waals surface area (Å²) in [5.74, 6) is 0.716. The Labute approximate surface area is 130 Å². The highest BCUT2D eigenvalue weighted by atomic mass is 16.5. The summed E-state index contributed by atoms with van der Waals surface area (Å²) in [4.78, 5) is 12.2. The van der Waals surface area contributed by atoms with Gasteiger partial charge in [0, 0.05) is 18.2 Å². The summed E-state index contributed by atoms with van der Waals surface area (Å²) >= 11 is 0. The van der Waals surface area contributed by atoms with Crippen molar-refractivity contribution in [2.75, 3.05) is 13.1 Å². The van der Waals surface area contributed by atoms with E-state index in [-0.39, 0.29) is 11.9 Å². The maximum Gasteiger partial charge on any atom is 0.224 e. The molecule has 0 aliphatic carbocycles. The van der Waals surface area contributed by atoms with Crippen LogP contribution in [0.25, 0.3) is 0 Å². The Morgan fingerprint density at radius 2 is 2.23 bits per heavy atom. The van der Waals surface area contributed by atoms with Gasteiger partial charge in [-0.2, -0.15) is 0 Å². The number of rotatable bonds is 4. The van der Waals surface area contributed by atoms with Gasteiger partial charge in [-0.05, 0) is 37.9 Å². The van der Waals surface area contributed by atoms with Crippen LogP contribution in [0.1, 0.15) is 34.2 Å². The Hall–Kier alpha value is -2.14. The van der Waals surface area contributed by atoms with Crippen molar-refractivity contribution < 1.29 is 9.32 Å². The molecule has 3 rings (SSSR count). The maximum atomic E-state index is 12.2. The van der Waals surface area contributed by atoms with Gasteiger partial charge in [-0.25, -0.2) is 0 Å². The SMILES string of the molecule is Cc1noc(C)c1CC(=O)NCC1NCCc2ccccc21. The van der Waals surface area contributed by atoms with Gasteiger partial charge in [0.2, 0.25) is 5.91 Å². The monoisotopic (exact) mass is 299 g/mol. The molecule has 0 fully saturated rings. The number of carbonyl (C=O) groups excluding carboxylic acids is 1. The van der Waals surface area contributed by atoms with Crippen molar-refractivity contribution in [3.63, 3.8) is 0 Å². The molecule has 116 valence electrons. The van der Waals surface area contributed by atoms with E-state index in [1.807, 2.05) is 19.9 Å². The average molecular weight is 299 g/mol. The predicted molar refractivity (Wildman–Crippen MR) is 83.6 cm³/mol. The van der Waals surface area contributed by atoms with Crippen LogP contribution in [0.4, 0.5) is 0 Å². The van der Waals surface area contributed by atoms with Crippen molar-refractivity contribution in [3.8, 4) is 0 Å². The smallest absolute Gasteiger partial charge is 0.224 e. The second kappa shape index (κ2) is 6.32. The summed E-state index contributed by atoms with van der Waals surface area (Å²) in [6.45, 7) is 5.24. The van der Waals surface area contributed by atoms with E-state index in [0.29, 0.717) is 18.7 Å². The molecule has 0 saturated heterocycles. The first-order valence-corrected chi connectivity index (χ1v) is 7.65. The Morgan fingerprint density at radius 3 is 3.00 bits per heavy atom. The first kappa shape index (κ1) is 14.8. The van der Waals surface area contributed by atoms with Crippen LogP contribution in [0, 0.1) is 13.8 Å². The minimum absolute atomic E-state index is 0.000690. The number of aromatic nitrogens is 1. The molecule has 1 aliphatic heterocycles. The number of benzene rings is 1. The highest BCUT2D eigenvalue weighted by Crippen LogP contribution is 2.22. The first-order valence-electron chi connectivity index (χ1n) is 7.65. The van der Waals surface area contributed by atoms with E-state index in [2.05, 4.69) is 34.0 Å². The fourth-order valence-corrected chi connectivity index (χ4v) is 2.97. The van der Waals surface area contributed by atoms with Crippen LogP contribution >= 0.6 is 0 Å². The van der Waals surface area contributed by atoms with E-state index in [4.69, 9.17) is 4.52 Å². The molecule has 1 amide bonds. The molecule has 1 aromatic carbocycles. The molecule has 5 heteroatoms. The number of carbonyl (C=O) groups is 1. The van der Waals surface area contributed by atoms with Crippen LogP contribution in [0.5, 0.6) is 0 Å². The Morgan fingerprint density at radius 1 is 1.41 bits per heavy atom. The number of hydrogen-bond acceptors (Lipinski definition) is 4. The third-order valence-electron chi connectivity index (χ3n) is 4.24. The van der Waals surface area contributed by atoms with E-state index in [1.165, 1.54) is 11.1 Å². The van der Waals surface area contributed by atoms with Gasteiger partial charge in [-0.3, -0.25) is 4.79 Å². The molecule has 2 heterocycles. The lowest BCUT2D eigenvalue weighted by molar-refractivity contribution is -0.120. The second-order valence-electron chi connectivity index (χ2n) is 5.74. The number of amides is 1. The molecule has 2 aromatic rings. The van der Waals surface area contributed by atoms with Gasteiger partial charge in [0.1, 0.15) is 5.76 Å². The van der Waals surface area contributed by atoms with E-state index in [9.17, 15) is 4.79 Å². The minimum Gasteiger partial charge on any atom is -0.361 e. The molecule has 1 atom stereocenters. The number of nitrogens with zero attached hydrogens (tertiary/aromatic N) is 1. The molecular formula is C17H21N3O2. The molecule has 2 N–H and O–H groups in total. The molecule has 0 radical (unpaired) electrons. The summed E-state index contributed by atoms with van der Waals surface area (Å²) in [6.07, 6.45) is 1.36. The standard InChI is InChI=1S/C17H21N3O2/c1-11-15(12(2)22-20-11)9-17(21)19-10-16-14-6-4-3-5-13(14)7-8-18-16/h3-6,16,18H,7-10H2,1-2H3,(H,19,21). The van der Waals surface area contributed by atoms with E-state index in [1.54, 1.807) is 0 Å². The highest BCUT2D eigenvalue weighted by molar-refractivity contribution is 5.79. The summed E-state index contributed by atoms with van der Waals surface area (Å²) in [5.41, 5.74) is 4.32. The number of hydrogen-bond donors (Lipinski definition) is 2. The fraction of sp³-hybridized carbons (Fsp3) is 0.412. The number of fused-ring (bicyclic) bond motifs is 1. The molecule has 5 nitrogen and oxygen atoms in total. The Kier molecular flexibility index (Phi) is 4.24. The maximum absolute atomic E-state index is 12.2. The second-order valence-corrected chi connectivity index (χ2v) is 5.74. The molecule has 1 aliphatic rings.